The zero-order valence-corrected chi connectivity index (χ0v) is 12.4. The second-order valence-electron chi connectivity index (χ2n) is 5.23. The number of aromatic nitrogens is 1. The first-order chi connectivity index (χ1) is 10.6. The smallest absolute Gasteiger partial charge is 0.106 e. The highest BCUT2D eigenvalue weighted by molar-refractivity contribution is 6.10. The SMILES string of the molecule is C/C(C(=N)c1cnc2c(c1)COC2)=C(\N)Nc1ccccc1. The fourth-order valence-corrected chi connectivity index (χ4v) is 2.31. The lowest BCUT2D eigenvalue weighted by molar-refractivity contribution is 0.133. The minimum absolute atomic E-state index is 0.364. The Bertz CT molecular complexity index is 738. The average Bonchev–Trinajstić information content (AvgIpc) is 3.02. The standard InChI is InChI=1S/C17H18N4O/c1-11(17(19)21-14-5-3-2-4-6-14)16(18)12-7-13-9-22-10-15(13)20-8-12/h2-8,18,21H,9-10,19H2,1H3/b17-11-,18-16?. The topological polar surface area (TPSA) is 84.0 Å². The Morgan fingerprint density at radius 3 is 2.82 bits per heavy atom. The van der Waals surface area contributed by atoms with E-state index in [4.69, 9.17) is 15.9 Å². The zero-order chi connectivity index (χ0) is 15.5. The third kappa shape index (κ3) is 2.84. The Morgan fingerprint density at radius 1 is 1.27 bits per heavy atom. The normalized spacial score (nSPS) is 14.2. The number of fused-ring (bicyclic) bond motifs is 1. The lowest BCUT2D eigenvalue weighted by atomic mass is 10.0. The van der Waals surface area contributed by atoms with E-state index in [1.54, 1.807) is 6.20 Å². The highest BCUT2D eigenvalue weighted by Gasteiger charge is 2.16. The predicted molar refractivity (Wildman–Crippen MR) is 86.5 cm³/mol. The molecule has 0 radical (unpaired) electrons. The van der Waals surface area contributed by atoms with Crippen LogP contribution in [0.3, 0.4) is 0 Å². The van der Waals surface area contributed by atoms with Gasteiger partial charge in [0, 0.05) is 28.6 Å². The van der Waals surface area contributed by atoms with Crippen LogP contribution < -0.4 is 11.1 Å². The van der Waals surface area contributed by atoms with Gasteiger partial charge in [-0.2, -0.15) is 0 Å². The number of anilines is 1. The van der Waals surface area contributed by atoms with Gasteiger partial charge in [-0.1, -0.05) is 18.2 Å². The quantitative estimate of drug-likeness (QED) is 0.757. The summed E-state index contributed by atoms with van der Waals surface area (Å²) in [6.07, 6.45) is 1.70. The largest absolute Gasteiger partial charge is 0.385 e. The summed E-state index contributed by atoms with van der Waals surface area (Å²) in [6, 6.07) is 11.6. The summed E-state index contributed by atoms with van der Waals surface area (Å²) in [5, 5.41) is 11.5. The number of rotatable bonds is 4. The summed E-state index contributed by atoms with van der Waals surface area (Å²) < 4.78 is 5.35. The van der Waals surface area contributed by atoms with Crippen molar-refractivity contribution in [2.75, 3.05) is 5.32 Å². The van der Waals surface area contributed by atoms with Crippen molar-refractivity contribution in [1.29, 1.82) is 5.41 Å². The van der Waals surface area contributed by atoms with E-state index < -0.39 is 0 Å². The minimum Gasteiger partial charge on any atom is -0.385 e. The molecular weight excluding hydrogens is 276 g/mol. The zero-order valence-electron chi connectivity index (χ0n) is 12.4. The molecule has 1 aliphatic rings. The molecule has 1 aromatic carbocycles. The van der Waals surface area contributed by atoms with E-state index in [1.165, 1.54) is 0 Å². The second-order valence-corrected chi connectivity index (χ2v) is 5.23. The third-order valence-corrected chi connectivity index (χ3v) is 3.68. The Hall–Kier alpha value is -2.66. The fraction of sp³-hybridized carbons (Fsp3) is 0.176. The number of nitrogens with two attached hydrogens (primary N) is 1. The number of hydrogen-bond acceptors (Lipinski definition) is 5. The van der Waals surface area contributed by atoms with Crippen molar-refractivity contribution in [2.24, 2.45) is 5.73 Å². The lowest BCUT2D eigenvalue weighted by Crippen LogP contribution is -2.16. The van der Waals surface area contributed by atoms with Gasteiger partial charge in [-0.25, -0.2) is 0 Å². The molecule has 0 spiro atoms. The lowest BCUT2D eigenvalue weighted by Gasteiger charge is -2.12. The van der Waals surface area contributed by atoms with E-state index in [2.05, 4.69) is 10.3 Å². The molecule has 3 rings (SSSR count). The van der Waals surface area contributed by atoms with Gasteiger partial charge < -0.3 is 15.8 Å². The number of hydrogen-bond donors (Lipinski definition) is 3. The molecule has 22 heavy (non-hydrogen) atoms. The predicted octanol–water partition coefficient (Wildman–Crippen LogP) is 2.78. The summed E-state index contributed by atoms with van der Waals surface area (Å²) >= 11 is 0. The van der Waals surface area contributed by atoms with Crippen LogP contribution >= 0.6 is 0 Å². The van der Waals surface area contributed by atoms with Crippen molar-refractivity contribution in [2.45, 2.75) is 20.1 Å². The number of para-hydroxylation sites is 1. The number of pyridine rings is 1. The van der Waals surface area contributed by atoms with E-state index >= 15 is 0 Å². The Labute approximate surface area is 129 Å². The molecule has 5 nitrogen and oxygen atoms in total. The number of benzene rings is 1. The molecule has 0 unspecified atom stereocenters. The summed E-state index contributed by atoms with van der Waals surface area (Å²) in [6.45, 7) is 2.94. The van der Waals surface area contributed by atoms with Gasteiger partial charge in [0.25, 0.3) is 0 Å². The first kappa shape index (κ1) is 14.3. The van der Waals surface area contributed by atoms with E-state index in [0.717, 1.165) is 22.5 Å². The molecule has 4 N–H and O–H groups in total. The van der Waals surface area contributed by atoms with Gasteiger partial charge in [0.1, 0.15) is 5.82 Å². The van der Waals surface area contributed by atoms with Crippen LogP contribution in [0, 0.1) is 5.41 Å². The van der Waals surface area contributed by atoms with E-state index in [9.17, 15) is 0 Å². The van der Waals surface area contributed by atoms with Crippen molar-refractivity contribution in [3.05, 3.63) is 70.8 Å². The van der Waals surface area contributed by atoms with E-state index in [1.807, 2.05) is 43.3 Å². The molecule has 0 atom stereocenters. The molecule has 5 heteroatoms. The van der Waals surface area contributed by atoms with Crippen molar-refractivity contribution in [3.8, 4) is 0 Å². The van der Waals surface area contributed by atoms with Crippen LogP contribution in [0.15, 0.2) is 54.0 Å². The van der Waals surface area contributed by atoms with Gasteiger partial charge in [-0.3, -0.25) is 10.4 Å². The summed E-state index contributed by atoms with van der Waals surface area (Å²) in [5.74, 6) is 0.466. The number of nitrogens with zero attached hydrogens (tertiary/aromatic N) is 1. The molecule has 0 saturated heterocycles. The maximum atomic E-state index is 8.34. The molecule has 0 saturated carbocycles. The van der Waals surface area contributed by atoms with Gasteiger partial charge in [0.2, 0.25) is 0 Å². The highest BCUT2D eigenvalue weighted by atomic mass is 16.5. The highest BCUT2D eigenvalue weighted by Crippen LogP contribution is 2.20. The van der Waals surface area contributed by atoms with Gasteiger partial charge in [0.15, 0.2) is 0 Å². The van der Waals surface area contributed by atoms with Gasteiger partial charge in [0.05, 0.1) is 24.6 Å². The maximum absolute atomic E-state index is 8.34. The van der Waals surface area contributed by atoms with Crippen LogP contribution in [0.4, 0.5) is 5.69 Å². The fourth-order valence-electron chi connectivity index (χ4n) is 2.31. The number of nitrogens with one attached hydrogen (secondary N) is 2. The van der Waals surface area contributed by atoms with Gasteiger partial charge >= 0.3 is 0 Å². The number of allylic oxidation sites excluding steroid dienone is 1. The molecule has 2 heterocycles. The summed E-state index contributed by atoms with van der Waals surface area (Å²) in [7, 11) is 0. The van der Waals surface area contributed by atoms with Gasteiger partial charge in [-0.05, 0) is 25.1 Å². The molecule has 0 aliphatic carbocycles. The average molecular weight is 294 g/mol. The molecule has 1 aliphatic heterocycles. The minimum atomic E-state index is 0.364. The Balaban J connectivity index is 1.82. The first-order valence-electron chi connectivity index (χ1n) is 7.08. The van der Waals surface area contributed by atoms with E-state index in [0.29, 0.717) is 30.3 Å². The van der Waals surface area contributed by atoms with Crippen LogP contribution in [0.2, 0.25) is 0 Å². The van der Waals surface area contributed by atoms with Crippen molar-refractivity contribution in [3.63, 3.8) is 0 Å². The van der Waals surface area contributed by atoms with Crippen molar-refractivity contribution >= 4 is 11.4 Å². The second kappa shape index (κ2) is 5.99. The van der Waals surface area contributed by atoms with Crippen LogP contribution in [0.25, 0.3) is 0 Å². The Morgan fingerprint density at radius 2 is 2.05 bits per heavy atom. The van der Waals surface area contributed by atoms with Crippen molar-refractivity contribution < 1.29 is 4.74 Å². The summed E-state index contributed by atoms with van der Waals surface area (Å²) in [4.78, 5) is 4.36. The van der Waals surface area contributed by atoms with Crippen molar-refractivity contribution in [1.82, 2.24) is 4.98 Å². The molecule has 112 valence electrons. The maximum Gasteiger partial charge on any atom is 0.106 e. The monoisotopic (exact) mass is 294 g/mol. The molecular formula is C17H18N4O. The van der Waals surface area contributed by atoms with E-state index in [-0.39, 0.29) is 0 Å². The number of ether oxygens (including phenoxy) is 1. The molecule has 2 aromatic rings. The molecule has 0 bridgehead atoms. The van der Waals surface area contributed by atoms with Crippen LogP contribution in [0.1, 0.15) is 23.7 Å². The van der Waals surface area contributed by atoms with Crippen LogP contribution in [-0.2, 0) is 18.0 Å². The molecule has 0 amide bonds. The molecule has 1 aromatic heterocycles. The Kier molecular flexibility index (Phi) is 3.89. The molecule has 0 fully saturated rings. The first-order valence-corrected chi connectivity index (χ1v) is 7.08. The summed E-state index contributed by atoms with van der Waals surface area (Å²) in [5.41, 5.74) is 10.8. The third-order valence-electron chi connectivity index (χ3n) is 3.68. The van der Waals surface area contributed by atoms with Crippen LogP contribution in [-0.4, -0.2) is 10.7 Å². The van der Waals surface area contributed by atoms with Crippen LogP contribution in [0.5, 0.6) is 0 Å². The van der Waals surface area contributed by atoms with Gasteiger partial charge in [-0.15, -0.1) is 0 Å².